The van der Waals surface area contributed by atoms with Crippen LogP contribution in [0.15, 0.2) is 34.9 Å². The number of nitrogens with zero attached hydrogens (tertiary/aromatic N) is 1. The lowest BCUT2D eigenvalue weighted by molar-refractivity contribution is 0.125. The van der Waals surface area contributed by atoms with Crippen molar-refractivity contribution in [3.63, 3.8) is 0 Å². The molecule has 0 saturated carbocycles. The van der Waals surface area contributed by atoms with Crippen LogP contribution in [-0.4, -0.2) is 10.6 Å². The van der Waals surface area contributed by atoms with Crippen molar-refractivity contribution in [1.82, 2.24) is 4.98 Å². The number of pyridine rings is 1. The van der Waals surface area contributed by atoms with Crippen LogP contribution in [0.1, 0.15) is 39.5 Å². The van der Waals surface area contributed by atoms with E-state index in [4.69, 9.17) is 14.9 Å². The number of nitrogens with one attached hydrogen (secondary N) is 1. The van der Waals surface area contributed by atoms with Crippen LogP contribution in [0.2, 0.25) is 0 Å². The van der Waals surface area contributed by atoms with E-state index in [9.17, 15) is 0 Å². The smallest absolute Gasteiger partial charge is 0.239 e. The molecule has 0 bridgehead atoms. The van der Waals surface area contributed by atoms with Gasteiger partial charge in [-0.3, -0.25) is 0 Å². The van der Waals surface area contributed by atoms with Crippen molar-refractivity contribution in [2.45, 2.75) is 39.3 Å². The van der Waals surface area contributed by atoms with Crippen LogP contribution in [0.3, 0.4) is 0 Å². The van der Waals surface area contributed by atoms with E-state index in [-0.39, 0.29) is 11.6 Å². The number of nitrogens with two attached hydrogens (primary N) is 1. The van der Waals surface area contributed by atoms with E-state index >= 15 is 0 Å². The fourth-order valence-electron chi connectivity index (χ4n) is 1.73. The maximum absolute atomic E-state index is 5.89. The second-order valence-electron chi connectivity index (χ2n) is 5.69. The molecular weight excluding hydrogens is 254 g/mol. The molecule has 1 atom stereocenters. The molecule has 0 amide bonds. The van der Waals surface area contributed by atoms with Crippen molar-refractivity contribution in [2.75, 3.05) is 11.1 Å². The zero-order valence-electron chi connectivity index (χ0n) is 12.3. The molecule has 0 aliphatic carbocycles. The van der Waals surface area contributed by atoms with Gasteiger partial charge in [-0.05, 0) is 52.0 Å². The molecular formula is C15H21N3O2. The number of aromatic nitrogens is 1. The van der Waals surface area contributed by atoms with E-state index in [0.717, 1.165) is 5.76 Å². The van der Waals surface area contributed by atoms with Gasteiger partial charge in [-0.1, -0.05) is 0 Å². The van der Waals surface area contributed by atoms with Crippen molar-refractivity contribution in [3.8, 4) is 5.88 Å². The third kappa shape index (κ3) is 3.66. The average molecular weight is 275 g/mol. The summed E-state index contributed by atoms with van der Waals surface area (Å²) in [7, 11) is 0. The number of ether oxygens (including phenoxy) is 1. The monoisotopic (exact) mass is 275 g/mol. The third-order valence-corrected chi connectivity index (χ3v) is 2.63. The Balaban J connectivity index is 2.15. The van der Waals surface area contributed by atoms with Gasteiger partial charge in [0, 0.05) is 0 Å². The summed E-state index contributed by atoms with van der Waals surface area (Å²) in [6.07, 6.45) is 1.65. The third-order valence-electron chi connectivity index (χ3n) is 2.63. The van der Waals surface area contributed by atoms with Crippen molar-refractivity contribution < 1.29 is 9.15 Å². The Morgan fingerprint density at radius 1 is 1.30 bits per heavy atom. The molecule has 2 heterocycles. The standard InChI is InChI=1S/C15H21N3O2/c1-10(12-6-5-9-19-12)17-13-8-7-11(16)14(18-13)20-15(2,3)4/h5-10H,16H2,1-4H3,(H,17,18). The minimum Gasteiger partial charge on any atom is -0.470 e. The Bertz CT molecular complexity index is 559. The van der Waals surface area contributed by atoms with Crippen molar-refractivity contribution >= 4 is 11.5 Å². The van der Waals surface area contributed by atoms with Crippen LogP contribution in [0.4, 0.5) is 11.5 Å². The number of rotatable bonds is 4. The molecule has 0 aliphatic rings. The van der Waals surface area contributed by atoms with Crippen molar-refractivity contribution in [1.29, 1.82) is 0 Å². The molecule has 0 aromatic carbocycles. The molecule has 0 spiro atoms. The number of anilines is 2. The van der Waals surface area contributed by atoms with Crippen LogP contribution in [0.5, 0.6) is 5.88 Å². The summed E-state index contributed by atoms with van der Waals surface area (Å²) in [6, 6.07) is 7.40. The summed E-state index contributed by atoms with van der Waals surface area (Å²) in [5.74, 6) is 1.98. The molecule has 2 aromatic heterocycles. The van der Waals surface area contributed by atoms with E-state index in [1.54, 1.807) is 12.3 Å². The molecule has 5 heteroatoms. The summed E-state index contributed by atoms with van der Waals surface area (Å²) in [4.78, 5) is 4.41. The fraction of sp³-hybridized carbons (Fsp3) is 0.400. The molecule has 5 nitrogen and oxygen atoms in total. The normalized spacial score (nSPS) is 13.0. The minimum absolute atomic E-state index is 0.0172. The number of hydrogen-bond donors (Lipinski definition) is 2. The maximum atomic E-state index is 5.89. The Hall–Kier alpha value is -2.17. The summed E-state index contributed by atoms with van der Waals surface area (Å²) in [5.41, 5.74) is 6.07. The van der Waals surface area contributed by atoms with E-state index in [2.05, 4.69) is 10.3 Å². The van der Waals surface area contributed by atoms with E-state index < -0.39 is 0 Å². The average Bonchev–Trinajstić information content (AvgIpc) is 2.85. The number of furan rings is 1. The summed E-state index contributed by atoms with van der Waals surface area (Å²) in [6.45, 7) is 7.88. The van der Waals surface area contributed by atoms with Gasteiger partial charge in [-0.15, -0.1) is 0 Å². The van der Waals surface area contributed by atoms with Crippen LogP contribution >= 0.6 is 0 Å². The Morgan fingerprint density at radius 3 is 2.65 bits per heavy atom. The lowest BCUT2D eigenvalue weighted by Crippen LogP contribution is -2.24. The van der Waals surface area contributed by atoms with Gasteiger partial charge in [0.2, 0.25) is 5.88 Å². The number of nitrogen functional groups attached to an aromatic ring is 1. The second-order valence-corrected chi connectivity index (χ2v) is 5.69. The van der Waals surface area contributed by atoms with Gasteiger partial charge in [0.05, 0.1) is 18.0 Å². The molecule has 108 valence electrons. The maximum Gasteiger partial charge on any atom is 0.239 e. The van der Waals surface area contributed by atoms with Gasteiger partial charge in [0.15, 0.2) is 0 Å². The van der Waals surface area contributed by atoms with Crippen LogP contribution in [0.25, 0.3) is 0 Å². The largest absolute Gasteiger partial charge is 0.470 e. The Morgan fingerprint density at radius 2 is 2.05 bits per heavy atom. The van der Waals surface area contributed by atoms with Gasteiger partial charge < -0.3 is 20.2 Å². The summed E-state index contributed by atoms with van der Waals surface area (Å²) in [5, 5.41) is 3.26. The minimum atomic E-state index is -0.341. The Kier molecular flexibility index (Phi) is 3.88. The highest BCUT2D eigenvalue weighted by atomic mass is 16.5. The molecule has 0 fully saturated rings. The van der Waals surface area contributed by atoms with Crippen LogP contribution in [-0.2, 0) is 0 Å². The van der Waals surface area contributed by atoms with Gasteiger partial charge >= 0.3 is 0 Å². The highest BCUT2D eigenvalue weighted by molar-refractivity contribution is 5.54. The first-order valence-electron chi connectivity index (χ1n) is 6.60. The molecule has 0 saturated heterocycles. The zero-order valence-corrected chi connectivity index (χ0v) is 12.3. The molecule has 0 radical (unpaired) electrons. The van der Waals surface area contributed by atoms with Crippen LogP contribution < -0.4 is 15.8 Å². The van der Waals surface area contributed by atoms with Gasteiger partial charge in [0.1, 0.15) is 17.2 Å². The fourth-order valence-corrected chi connectivity index (χ4v) is 1.73. The highest BCUT2D eigenvalue weighted by Gasteiger charge is 2.16. The quantitative estimate of drug-likeness (QED) is 0.891. The second kappa shape index (κ2) is 5.45. The van der Waals surface area contributed by atoms with Gasteiger partial charge in [-0.2, -0.15) is 4.98 Å². The predicted molar refractivity (Wildman–Crippen MR) is 79.8 cm³/mol. The molecule has 0 aliphatic heterocycles. The lowest BCUT2D eigenvalue weighted by Gasteiger charge is -2.22. The van der Waals surface area contributed by atoms with Crippen LogP contribution in [0, 0.1) is 0 Å². The molecule has 2 rings (SSSR count). The highest BCUT2D eigenvalue weighted by Crippen LogP contribution is 2.26. The molecule has 1 unspecified atom stereocenters. The first-order valence-corrected chi connectivity index (χ1v) is 6.60. The van der Waals surface area contributed by atoms with Gasteiger partial charge in [0.25, 0.3) is 0 Å². The van der Waals surface area contributed by atoms with E-state index in [1.165, 1.54) is 0 Å². The molecule has 2 aromatic rings. The van der Waals surface area contributed by atoms with Crippen molar-refractivity contribution in [3.05, 3.63) is 36.3 Å². The Labute approximate surface area is 119 Å². The first kappa shape index (κ1) is 14.2. The topological polar surface area (TPSA) is 73.3 Å². The summed E-state index contributed by atoms with van der Waals surface area (Å²) < 4.78 is 11.1. The summed E-state index contributed by atoms with van der Waals surface area (Å²) >= 11 is 0. The zero-order chi connectivity index (χ0) is 14.8. The predicted octanol–water partition coefficient (Wildman–Crippen LogP) is 3.61. The first-order chi connectivity index (χ1) is 9.35. The van der Waals surface area contributed by atoms with Gasteiger partial charge in [-0.25, -0.2) is 0 Å². The van der Waals surface area contributed by atoms with Crippen molar-refractivity contribution in [2.24, 2.45) is 0 Å². The number of hydrogen-bond acceptors (Lipinski definition) is 5. The van der Waals surface area contributed by atoms with E-state index in [0.29, 0.717) is 17.4 Å². The lowest BCUT2D eigenvalue weighted by atomic mass is 10.2. The molecule has 3 N–H and O–H groups in total. The van der Waals surface area contributed by atoms with E-state index in [1.807, 2.05) is 45.9 Å². The SMILES string of the molecule is CC(Nc1ccc(N)c(OC(C)(C)C)n1)c1ccco1. The molecule has 20 heavy (non-hydrogen) atoms.